The van der Waals surface area contributed by atoms with Gasteiger partial charge in [0, 0.05) is 12.6 Å². The Bertz CT molecular complexity index is 887. The van der Waals surface area contributed by atoms with Crippen molar-refractivity contribution in [2.75, 3.05) is 16.8 Å². The van der Waals surface area contributed by atoms with Crippen LogP contribution in [0.1, 0.15) is 19.8 Å². The van der Waals surface area contributed by atoms with E-state index in [1.54, 1.807) is 0 Å². The van der Waals surface area contributed by atoms with E-state index in [0.29, 0.717) is 18.5 Å². The van der Waals surface area contributed by atoms with Gasteiger partial charge in [-0.25, -0.2) is 0 Å². The van der Waals surface area contributed by atoms with Crippen molar-refractivity contribution in [2.24, 2.45) is 0 Å². The van der Waals surface area contributed by atoms with Crippen LogP contribution in [-0.2, 0) is 14.4 Å². The number of benzene rings is 2. The maximum absolute atomic E-state index is 12.3. The molecule has 29 heavy (non-hydrogen) atoms. The lowest BCUT2D eigenvalue weighted by atomic mass is 10.1. The molecule has 2 rings (SSSR count). The van der Waals surface area contributed by atoms with E-state index in [1.165, 1.54) is 6.92 Å². The van der Waals surface area contributed by atoms with E-state index in [-0.39, 0.29) is 5.75 Å². The minimum Gasteiger partial charge on any atom is -0.374 e. The molecule has 0 spiro atoms. The lowest BCUT2D eigenvalue weighted by molar-refractivity contribution is -0.167. The average Bonchev–Trinajstić information content (AvgIpc) is 2.65. The minimum atomic E-state index is -4.82. The third kappa shape index (κ3) is 7.41. The number of rotatable bonds is 9. The van der Waals surface area contributed by atoms with Gasteiger partial charge in [-0.2, -0.15) is 24.9 Å². The second kappa shape index (κ2) is 10.3. The van der Waals surface area contributed by atoms with E-state index in [9.17, 15) is 27.6 Å². The summed E-state index contributed by atoms with van der Waals surface area (Å²) in [4.78, 5) is 34.4. The normalized spacial score (nSPS) is 12.4. The molecule has 0 aliphatic carbocycles. The van der Waals surface area contributed by atoms with Crippen molar-refractivity contribution in [2.45, 2.75) is 32.0 Å². The zero-order chi connectivity index (χ0) is 21.4. The summed E-state index contributed by atoms with van der Waals surface area (Å²) in [7, 11) is 0. The zero-order valence-corrected chi connectivity index (χ0v) is 16.5. The van der Waals surface area contributed by atoms with Crippen molar-refractivity contribution >= 4 is 45.8 Å². The van der Waals surface area contributed by atoms with Crippen molar-refractivity contribution in [1.29, 1.82) is 0 Å². The van der Waals surface area contributed by atoms with Crippen LogP contribution in [0.2, 0.25) is 0 Å². The molecule has 0 aliphatic heterocycles. The first-order valence-corrected chi connectivity index (χ1v) is 10.1. The third-order valence-corrected chi connectivity index (χ3v) is 5.08. The summed E-state index contributed by atoms with van der Waals surface area (Å²) < 4.78 is 36.6. The fraction of sp³-hybridized carbons (Fsp3) is 0.350. The molecule has 0 fully saturated rings. The Morgan fingerprint density at radius 2 is 1.76 bits per heavy atom. The number of fused-ring (bicyclic) bond motifs is 1. The van der Waals surface area contributed by atoms with Gasteiger partial charge in [0.2, 0.25) is 17.6 Å². The Balaban J connectivity index is 1.96. The molecule has 156 valence electrons. The molecule has 5 nitrogen and oxygen atoms in total. The van der Waals surface area contributed by atoms with Crippen LogP contribution in [0.3, 0.4) is 0 Å². The minimum absolute atomic E-state index is 0.283. The van der Waals surface area contributed by atoms with E-state index in [0.717, 1.165) is 22.5 Å². The molecule has 9 heteroatoms. The molecule has 0 aliphatic rings. The molecular weight excluding hydrogens is 405 g/mol. The summed E-state index contributed by atoms with van der Waals surface area (Å²) in [6, 6.07) is 12.5. The Morgan fingerprint density at radius 3 is 2.41 bits per heavy atom. The van der Waals surface area contributed by atoms with Gasteiger partial charge in [0.15, 0.2) is 0 Å². The smallest absolute Gasteiger partial charge is 0.374 e. The molecule has 2 aromatic carbocycles. The number of thioether (sulfide) groups is 1. The van der Waals surface area contributed by atoms with Crippen molar-refractivity contribution in [3.8, 4) is 0 Å². The Morgan fingerprint density at radius 1 is 1.07 bits per heavy atom. The van der Waals surface area contributed by atoms with Crippen LogP contribution in [-0.4, -0.2) is 41.3 Å². The number of imide groups is 1. The van der Waals surface area contributed by atoms with Crippen molar-refractivity contribution in [3.63, 3.8) is 0 Å². The van der Waals surface area contributed by atoms with Gasteiger partial charge >= 0.3 is 6.18 Å². The SMILES string of the molecule is CC(=O)NC(=O)[C@H](CCCSCC(=O)C(F)(F)F)Nc1ccc2ccccc2c1. The summed E-state index contributed by atoms with van der Waals surface area (Å²) >= 11 is 0.868. The van der Waals surface area contributed by atoms with Gasteiger partial charge in [0.1, 0.15) is 6.04 Å². The maximum Gasteiger partial charge on any atom is 0.450 e. The molecule has 0 bridgehead atoms. The van der Waals surface area contributed by atoms with Crippen molar-refractivity contribution < 1.29 is 27.6 Å². The first-order valence-electron chi connectivity index (χ1n) is 8.91. The highest BCUT2D eigenvalue weighted by molar-refractivity contribution is 7.99. The highest BCUT2D eigenvalue weighted by atomic mass is 32.2. The number of carbonyl (C=O) groups excluding carboxylic acids is 3. The van der Waals surface area contributed by atoms with Gasteiger partial charge in [0.05, 0.1) is 5.75 Å². The number of hydrogen-bond acceptors (Lipinski definition) is 5. The number of nitrogens with one attached hydrogen (secondary N) is 2. The van der Waals surface area contributed by atoms with Crippen LogP contribution < -0.4 is 10.6 Å². The molecule has 1 atom stereocenters. The first-order chi connectivity index (χ1) is 13.7. The molecule has 2 N–H and O–H groups in total. The summed E-state index contributed by atoms with van der Waals surface area (Å²) in [6.07, 6.45) is -4.14. The quantitative estimate of drug-likeness (QED) is 0.595. The average molecular weight is 426 g/mol. The summed E-state index contributed by atoms with van der Waals surface area (Å²) in [5.41, 5.74) is 0.687. The molecule has 0 saturated heterocycles. The van der Waals surface area contributed by atoms with E-state index in [2.05, 4.69) is 10.6 Å². The summed E-state index contributed by atoms with van der Waals surface area (Å²) in [5.74, 6) is -3.15. The molecule has 0 aromatic heterocycles. The van der Waals surface area contributed by atoms with Crippen LogP contribution in [0.4, 0.5) is 18.9 Å². The highest BCUT2D eigenvalue weighted by Gasteiger charge is 2.37. The van der Waals surface area contributed by atoms with Crippen LogP contribution in [0.25, 0.3) is 10.8 Å². The lowest BCUT2D eigenvalue weighted by Gasteiger charge is -2.19. The van der Waals surface area contributed by atoms with Crippen LogP contribution in [0, 0.1) is 0 Å². The molecule has 2 amide bonds. The molecule has 2 aromatic rings. The number of amides is 2. The van der Waals surface area contributed by atoms with Gasteiger partial charge in [-0.3, -0.25) is 19.7 Å². The summed E-state index contributed by atoms with van der Waals surface area (Å²) in [6.45, 7) is 1.23. The van der Waals surface area contributed by atoms with Gasteiger partial charge in [-0.1, -0.05) is 30.3 Å². The lowest BCUT2D eigenvalue weighted by Crippen LogP contribution is -2.41. The number of alkyl halides is 3. The van der Waals surface area contributed by atoms with Crippen molar-refractivity contribution in [1.82, 2.24) is 5.32 Å². The van der Waals surface area contributed by atoms with Gasteiger partial charge < -0.3 is 5.32 Å². The highest BCUT2D eigenvalue weighted by Crippen LogP contribution is 2.22. The van der Waals surface area contributed by atoms with E-state index in [4.69, 9.17) is 0 Å². The Labute approximate surface area is 170 Å². The van der Waals surface area contributed by atoms with Crippen LogP contribution in [0.5, 0.6) is 0 Å². The topological polar surface area (TPSA) is 75.3 Å². The monoisotopic (exact) mass is 426 g/mol. The number of halogens is 3. The van der Waals surface area contributed by atoms with E-state index in [1.807, 2.05) is 42.5 Å². The molecule has 0 saturated carbocycles. The van der Waals surface area contributed by atoms with Crippen LogP contribution >= 0.6 is 11.8 Å². The fourth-order valence-corrected chi connectivity index (χ4v) is 3.51. The predicted molar refractivity (Wildman–Crippen MR) is 108 cm³/mol. The second-order valence-electron chi connectivity index (χ2n) is 6.42. The van der Waals surface area contributed by atoms with Crippen molar-refractivity contribution in [3.05, 3.63) is 42.5 Å². The molecular formula is C20H21F3N2O3S. The fourth-order valence-electron chi connectivity index (χ4n) is 2.65. The number of Topliss-reactive ketones (excluding diaryl/α,β-unsaturated/α-hetero) is 1. The third-order valence-electron chi connectivity index (χ3n) is 4.04. The largest absolute Gasteiger partial charge is 0.450 e. The van der Waals surface area contributed by atoms with E-state index >= 15 is 0 Å². The maximum atomic E-state index is 12.3. The van der Waals surface area contributed by atoms with E-state index < -0.39 is 35.6 Å². The number of carbonyl (C=O) groups is 3. The number of hydrogen-bond donors (Lipinski definition) is 2. The Hall–Kier alpha value is -2.55. The number of ketones is 1. The predicted octanol–water partition coefficient (Wildman–Crippen LogP) is 3.93. The standard InChI is InChI=1S/C20H21F3N2O3S/c1-13(26)24-19(28)17(7-4-10-29-12-18(27)20(21,22)23)25-16-9-8-14-5-2-3-6-15(14)11-16/h2-3,5-6,8-9,11,17,25H,4,7,10,12H2,1H3,(H,24,26,28)/t17-/m0/s1. The molecule has 0 heterocycles. The molecule has 0 radical (unpaired) electrons. The van der Waals surface area contributed by atoms with Gasteiger partial charge in [-0.05, 0) is 41.5 Å². The summed E-state index contributed by atoms with van der Waals surface area (Å²) in [5, 5.41) is 7.32. The van der Waals surface area contributed by atoms with Crippen LogP contribution in [0.15, 0.2) is 42.5 Å². The first kappa shape index (κ1) is 22.7. The van der Waals surface area contributed by atoms with Gasteiger partial charge in [0.25, 0.3) is 0 Å². The number of anilines is 1. The molecule has 0 unspecified atom stereocenters. The Kier molecular flexibility index (Phi) is 8.07. The van der Waals surface area contributed by atoms with Gasteiger partial charge in [-0.15, -0.1) is 0 Å². The zero-order valence-electron chi connectivity index (χ0n) is 15.7. The second-order valence-corrected chi connectivity index (χ2v) is 7.53.